The summed E-state index contributed by atoms with van der Waals surface area (Å²) in [6.45, 7) is 6.08. The van der Waals surface area contributed by atoms with Gasteiger partial charge in [-0.05, 0) is 37.1 Å². The van der Waals surface area contributed by atoms with Crippen molar-refractivity contribution < 1.29 is 14.3 Å². The SMILES string of the molecule is CCC(C)N(CC(C)C(=O)OC)C(=O)/C=C/c1ccc(Cl)cc1. The number of benzene rings is 1. The van der Waals surface area contributed by atoms with Crippen LogP contribution < -0.4 is 0 Å². The number of halogens is 1. The van der Waals surface area contributed by atoms with Crippen molar-refractivity contribution in [3.05, 3.63) is 40.9 Å². The molecular formula is C18H24ClNO3. The molecule has 1 rings (SSSR count). The van der Waals surface area contributed by atoms with Crippen LogP contribution in [0.3, 0.4) is 0 Å². The molecule has 0 radical (unpaired) electrons. The summed E-state index contributed by atoms with van der Waals surface area (Å²) >= 11 is 5.84. The van der Waals surface area contributed by atoms with Crippen molar-refractivity contribution in [2.24, 2.45) is 5.92 Å². The Bertz CT molecular complexity index is 554. The summed E-state index contributed by atoms with van der Waals surface area (Å²) in [6.07, 6.45) is 4.09. The number of carbonyl (C=O) groups is 2. The van der Waals surface area contributed by atoms with Crippen LogP contribution in [0.1, 0.15) is 32.8 Å². The van der Waals surface area contributed by atoms with Crippen molar-refractivity contribution in [1.29, 1.82) is 0 Å². The van der Waals surface area contributed by atoms with E-state index in [4.69, 9.17) is 16.3 Å². The van der Waals surface area contributed by atoms with Crippen LogP contribution in [0.2, 0.25) is 5.02 Å². The molecule has 0 saturated carbocycles. The standard InChI is InChI=1S/C18H24ClNO3/c1-5-14(3)20(12-13(2)18(22)23-4)17(21)11-8-15-6-9-16(19)10-7-15/h6-11,13-14H,5,12H2,1-4H3/b11-8+. The number of esters is 1. The van der Waals surface area contributed by atoms with E-state index in [0.717, 1.165) is 12.0 Å². The van der Waals surface area contributed by atoms with E-state index in [1.165, 1.54) is 13.2 Å². The molecule has 1 aromatic rings. The molecule has 0 fully saturated rings. The van der Waals surface area contributed by atoms with E-state index in [-0.39, 0.29) is 23.8 Å². The first kappa shape index (κ1) is 19.2. The smallest absolute Gasteiger partial charge is 0.310 e. The quantitative estimate of drug-likeness (QED) is 0.561. The summed E-state index contributed by atoms with van der Waals surface area (Å²) in [4.78, 5) is 25.8. The second kappa shape index (κ2) is 9.36. The Labute approximate surface area is 143 Å². The fraction of sp³-hybridized carbons (Fsp3) is 0.444. The molecule has 0 aromatic heterocycles. The molecule has 0 saturated heterocycles. The maximum absolute atomic E-state index is 12.5. The summed E-state index contributed by atoms with van der Waals surface area (Å²) in [6, 6.07) is 7.28. The average Bonchev–Trinajstić information content (AvgIpc) is 2.57. The Kier molecular flexibility index (Phi) is 7.83. The van der Waals surface area contributed by atoms with E-state index >= 15 is 0 Å². The van der Waals surface area contributed by atoms with Crippen molar-refractivity contribution >= 4 is 29.6 Å². The zero-order valence-corrected chi connectivity index (χ0v) is 14.8. The second-order valence-electron chi connectivity index (χ2n) is 5.56. The lowest BCUT2D eigenvalue weighted by atomic mass is 10.1. The predicted molar refractivity (Wildman–Crippen MR) is 93.1 cm³/mol. The topological polar surface area (TPSA) is 46.6 Å². The maximum atomic E-state index is 12.5. The normalized spacial score (nSPS) is 13.6. The summed E-state index contributed by atoms with van der Waals surface area (Å²) in [5.41, 5.74) is 0.896. The molecule has 2 unspecified atom stereocenters. The molecule has 0 heterocycles. The highest BCUT2D eigenvalue weighted by atomic mass is 35.5. The molecule has 0 aliphatic carbocycles. The van der Waals surface area contributed by atoms with Gasteiger partial charge in [-0.15, -0.1) is 0 Å². The van der Waals surface area contributed by atoms with Crippen LogP contribution in [0, 0.1) is 5.92 Å². The molecule has 1 amide bonds. The number of ether oxygens (including phenoxy) is 1. The van der Waals surface area contributed by atoms with Crippen LogP contribution >= 0.6 is 11.6 Å². The van der Waals surface area contributed by atoms with Crippen LogP contribution in [0.4, 0.5) is 0 Å². The van der Waals surface area contributed by atoms with Gasteiger partial charge < -0.3 is 9.64 Å². The molecular weight excluding hydrogens is 314 g/mol. The molecule has 1 aromatic carbocycles. The van der Waals surface area contributed by atoms with Gasteiger partial charge in [0.1, 0.15) is 0 Å². The zero-order valence-electron chi connectivity index (χ0n) is 14.1. The first-order chi connectivity index (χ1) is 10.9. The fourth-order valence-corrected chi connectivity index (χ4v) is 2.24. The zero-order chi connectivity index (χ0) is 17.4. The van der Waals surface area contributed by atoms with Crippen molar-refractivity contribution in [3.8, 4) is 0 Å². The third-order valence-electron chi connectivity index (χ3n) is 3.77. The Balaban J connectivity index is 2.83. The van der Waals surface area contributed by atoms with Crippen LogP contribution in [0.15, 0.2) is 30.3 Å². The molecule has 0 aliphatic rings. The van der Waals surface area contributed by atoms with Crippen LogP contribution in [-0.2, 0) is 14.3 Å². The van der Waals surface area contributed by atoms with Gasteiger partial charge in [0.05, 0.1) is 13.0 Å². The number of rotatable bonds is 7. The Morgan fingerprint density at radius 3 is 2.39 bits per heavy atom. The summed E-state index contributed by atoms with van der Waals surface area (Å²) in [5.74, 6) is -0.792. The maximum Gasteiger partial charge on any atom is 0.310 e. The van der Waals surface area contributed by atoms with Gasteiger partial charge in [-0.1, -0.05) is 37.6 Å². The molecule has 23 heavy (non-hydrogen) atoms. The number of hydrogen-bond acceptors (Lipinski definition) is 3. The van der Waals surface area contributed by atoms with Gasteiger partial charge in [0, 0.05) is 23.7 Å². The van der Waals surface area contributed by atoms with Gasteiger partial charge in [0.25, 0.3) is 0 Å². The first-order valence-corrected chi connectivity index (χ1v) is 8.08. The molecule has 5 heteroatoms. The van der Waals surface area contributed by atoms with Crippen LogP contribution in [0.25, 0.3) is 6.08 Å². The summed E-state index contributed by atoms with van der Waals surface area (Å²) < 4.78 is 4.74. The second-order valence-corrected chi connectivity index (χ2v) is 5.99. The third-order valence-corrected chi connectivity index (χ3v) is 4.02. The molecule has 0 bridgehead atoms. The molecule has 126 valence electrons. The van der Waals surface area contributed by atoms with Gasteiger partial charge in [0.15, 0.2) is 0 Å². The van der Waals surface area contributed by atoms with Gasteiger partial charge in [-0.3, -0.25) is 9.59 Å². The van der Waals surface area contributed by atoms with E-state index in [0.29, 0.717) is 11.6 Å². The number of methoxy groups -OCH3 is 1. The number of nitrogens with zero attached hydrogens (tertiary/aromatic N) is 1. The van der Waals surface area contributed by atoms with E-state index in [2.05, 4.69) is 0 Å². The van der Waals surface area contributed by atoms with Crippen molar-refractivity contribution in [2.75, 3.05) is 13.7 Å². The lowest BCUT2D eigenvalue weighted by molar-refractivity contribution is -0.146. The predicted octanol–water partition coefficient (Wildman–Crippen LogP) is 3.79. The highest BCUT2D eigenvalue weighted by Crippen LogP contribution is 2.13. The number of amides is 1. The minimum Gasteiger partial charge on any atom is -0.469 e. The minimum absolute atomic E-state index is 0.0458. The monoisotopic (exact) mass is 337 g/mol. The molecule has 0 aliphatic heterocycles. The minimum atomic E-state index is -0.359. The van der Waals surface area contributed by atoms with E-state index in [9.17, 15) is 9.59 Å². The number of carbonyl (C=O) groups excluding carboxylic acids is 2. The lowest BCUT2D eigenvalue weighted by Gasteiger charge is -2.29. The Hall–Kier alpha value is -1.81. The van der Waals surface area contributed by atoms with Gasteiger partial charge in [-0.2, -0.15) is 0 Å². The van der Waals surface area contributed by atoms with Gasteiger partial charge in [-0.25, -0.2) is 0 Å². The number of hydrogen-bond donors (Lipinski definition) is 0. The summed E-state index contributed by atoms with van der Waals surface area (Å²) in [7, 11) is 1.36. The van der Waals surface area contributed by atoms with E-state index < -0.39 is 0 Å². The lowest BCUT2D eigenvalue weighted by Crippen LogP contribution is -2.42. The van der Waals surface area contributed by atoms with E-state index in [1.807, 2.05) is 26.0 Å². The van der Waals surface area contributed by atoms with Crippen LogP contribution in [-0.4, -0.2) is 36.5 Å². The van der Waals surface area contributed by atoms with Crippen molar-refractivity contribution in [3.63, 3.8) is 0 Å². The van der Waals surface area contributed by atoms with Gasteiger partial charge in [0.2, 0.25) is 5.91 Å². The third kappa shape index (κ3) is 6.06. The largest absolute Gasteiger partial charge is 0.469 e. The molecule has 2 atom stereocenters. The average molecular weight is 338 g/mol. The molecule has 0 spiro atoms. The van der Waals surface area contributed by atoms with E-state index in [1.54, 1.807) is 30.0 Å². The van der Waals surface area contributed by atoms with Gasteiger partial charge >= 0.3 is 5.97 Å². The van der Waals surface area contributed by atoms with Crippen molar-refractivity contribution in [1.82, 2.24) is 4.90 Å². The Morgan fingerprint density at radius 2 is 1.87 bits per heavy atom. The Morgan fingerprint density at radius 1 is 1.26 bits per heavy atom. The molecule has 0 N–H and O–H groups in total. The first-order valence-electron chi connectivity index (χ1n) is 7.71. The molecule has 4 nitrogen and oxygen atoms in total. The fourth-order valence-electron chi connectivity index (χ4n) is 2.12. The van der Waals surface area contributed by atoms with Crippen LogP contribution in [0.5, 0.6) is 0 Å². The summed E-state index contributed by atoms with van der Waals surface area (Å²) in [5, 5.41) is 0.654. The highest BCUT2D eigenvalue weighted by Gasteiger charge is 2.23. The van der Waals surface area contributed by atoms with Crippen molar-refractivity contribution in [2.45, 2.75) is 33.2 Å². The highest BCUT2D eigenvalue weighted by molar-refractivity contribution is 6.30.